The van der Waals surface area contributed by atoms with Crippen LogP contribution < -0.4 is 10.6 Å². The molecule has 6 nitrogen and oxygen atoms in total. The highest BCUT2D eigenvalue weighted by molar-refractivity contribution is 7.09. The average Bonchev–Trinajstić information content (AvgIpc) is 2.96. The lowest BCUT2D eigenvalue weighted by molar-refractivity contribution is 0.0696. The van der Waals surface area contributed by atoms with Gasteiger partial charge in [-0.3, -0.25) is 4.98 Å². The normalized spacial score (nSPS) is 10.0. The number of pyridine rings is 1. The molecule has 0 radical (unpaired) electrons. The first-order valence-corrected chi connectivity index (χ1v) is 6.75. The predicted octanol–water partition coefficient (Wildman–Crippen LogP) is 1.84. The zero-order valence-corrected chi connectivity index (χ0v) is 11.3. The Morgan fingerprint density at radius 2 is 2.05 bits per heavy atom. The van der Waals surface area contributed by atoms with Crippen molar-refractivity contribution in [1.82, 2.24) is 15.6 Å². The fraction of sp³-hybridized carbons (Fsp3) is 0.154. The molecule has 104 valence electrons. The van der Waals surface area contributed by atoms with Gasteiger partial charge in [0.2, 0.25) is 0 Å². The van der Waals surface area contributed by atoms with Gasteiger partial charge in [0.05, 0.1) is 24.3 Å². The molecule has 0 aliphatic rings. The van der Waals surface area contributed by atoms with Crippen LogP contribution in [0.2, 0.25) is 0 Å². The topological polar surface area (TPSA) is 91.3 Å². The molecule has 0 spiro atoms. The lowest BCUT2D eigenvalue weighted by Crippen LogP contribution is -2.34. The van der Waals surface area contributed by atoms with E-state index in [0.717, 1.165) is 4.88 Å². The number of amides is 2. The highest BCUT2D eigenvalue weighted by Gasteiger charge is 2.06. The fourth-order valence-electron chi connectivity index (χ4n) is 1.52. The Morgan fingerprint density at radius 1 is 1.25 bits per heavy atom. The minimum atomic E-state index is -1.02. The van der Waals surface area contributed by atoms with Crippen LogP contribution in [0.5, 0.6) is 0 Å². The van der Waals surface area contributed by atoms with E-state index >= 15 is 0 Å². The number of aromatic nitrogens is 1. The summed E-state index contributed by atoms with van der Waals surface area (Å²) in [4.78, 5) is 27.4. The number of thiophene rings is 1. The summed E-state index contributed by atoms with van der Waals surface area (Å²) >= 11 is 1.56. The second kappa shape index (κ2) is 6.67. The number of nitrogens with zero attached hydrogens (tertiary/aromatic N) is 1. The molecule has 0 saturated carbocycles. The number of rotatable bonds is 5. The van der Waals surface area contributed by atoms with Crippen molar-refractivity contribution in [3.63, 3.8) is 0 Å². The smallest absolute Gasteiger partial charge is 0.335 e. The van der Waals surface area contributed by atoms with E-state index < -0.39 is 5.97 Å². The number of urea groups is 1. The number of carboxylic acid groups (broad SMARTS) is 1. The summed E-state index contributed by atoms with van der Waals surface area (Å²) in [7, 11) is 0. The van der Waals surface area contributed by atoms with E-state index in [1.54, 1.807) is 11.3 Å². The highest BCUT2D eigenvalue weighted by atomic mass is 32.1. The van der Waals surface area contributed by atoms with E-state index in [9.17, 15) is 9.59 Å². The van der Waals surface area contributed by atoms with Crippen molar-refractivity contribution in [3.05, 3.63) is 52.0 Å². The molecule has 0 saturated heterocycles. The molecular weight excluding hydrogens is 278 g/mol. The van der Waals surface area contributed by atoms with Crippen LogP contribution >= 0.6 is 11.3 Å². The molecule has 2 rings (SSSR count). The van der Waals surface area contributed by atoms with Crippen LogP contribution in [0.4, 0.5) is 4.79 Å². The van der Waals surface area contributed by atoms with Crippen LogP contribution in [0.15, 0.2) is 35.8 Å². The van der Waals surface area contributed by atoms with Gasteiger partial charge in [0.25, 0.3) is 0 Å². The van der Waals surface area contributed by atoms with Gasteiger partial charge in [-0.25, -0.2) is 9.59 Å². The number of aromatic carboxylic acids is 1. The molecule has 0 bridgehead atoms. The van der Waals surface area contributed by atoms with Gasteiger partial charge in [0.1, 0.15) is 0 Å². The van der Waals surface area contributed by atoms with Gasteiger partial charge in [-0.1, -0.05) is 6.07 Å². The molecule has 20 heavy (non-hydrogen) atoms. The summed E-state index contributed by atoms with van der Waals surface area (Å²) in [6.07, 6.45) is 1.41. The molecule has 7 heteroatoms. The second-order valence-electron chi connectivity index (χ2n) is 3.96. The highest BCUT2D eigenvalue weighted by Crippen LogP contribution is 2.07. The summed E-state index contributed by atoms with van der Waals surface area (Å²) in [5.41, 5.74) is 0.645. The van der Waals surface area contributed by atoms with Crippen LogP contribution in [0.25, 0.3) is 0 Å². The number of carboxylic acids is 1. The fourth-order valence-corrected chi connectivity index (χ4v) is 2.17. The summed E-state index contributed by atoms with van der Waals surface area (Å²) in [5, 5.41) is 16.1. The Labute approximate surface area is 119 Å². The largest absolute Gasteiger partial charge is 0.478 e. The third kappa shape index (κ3) is 4.06. The molecule has 2 aromatic rings. The average molecular weight is 291 g/mol. The van der Waals surface area contributed by atoms with Gasteiger partial charge in [0.15, 0.2) is 0 Å². The van der Waals surface area contributed by atoms with Crippen LogP contribution in [0.3, 0.4) is 0 Å². The molecule has 3 N–H and O–H groups in total. The molecule has 2 amide bonds. The molecular formula is C13H13N3O3S. The van der Waals surface area contributed by atoms with E-state index in [1.807, 2.05) is 17.5 Å². The molecule has 0 atom stereocenters. The van der Waals surface area contributed by atoms with Crippen molar-refractivity contribution < 1.29 is 14.7 Å². The number of carbonyl (C=O) groups is 2. The van der Waals surface area contributed by atoms with Crippen LogP contribution in [-0.4, -0.2) is 22.1 Å². The minimum absolute atomic E-state index is 0.149. The standard InChI is InChI=1S/C13H13N3O3S/c17-12(18)9-3-4-14-10(6-9)7-15-13(19)16-8-11-2-1-5-20-11/h1-6H,7-8H2,(H,17,18)(H2,15,16,19). The molecule has 2 heterocycles. The minimum Gasteiger partial charge on any atom is -0.478 e. The van der Waals surface area contributed by atoms with E-state index in [1.165, 1.54) is 18.3 Å². The maximum atomic E-state index is 11.6. The summed E-state index contributed by atoms with van der Waals surface area (Å²) in [6.45, 7) is 0.642. The Morgan fingerprint density at radius 3 is 2.75 bits per heavy atom. The van der Waals surface area contributed by atoms with E-state index in [-0.39, 0.29) is 18.1 Å². The third-order valence-corrected chi connectivity index (χ3v) is 3.37. The second-order valence-corrected chi connectivity index (χ2v) is 4.99. The maximum absolute atomic E-state index is 11.6. The number of hydrogen-bond donors (Lipinski definition) is 3. The summed E-state index contributed by atoms with van der Waals surface area (Å²) in [6, 6.07) is 6.37. The molecule has 2 aromatic heterocycles. The SMILES string of the molecule is O=C(NCc1cc(C(=O)O)ccn1)NCc1cccs1. The van der Waals surface area contributed by atoms with Crippen molar-refractivity contribution in [3.8, 4) is 0 Å². The van der Waals surface area contributed by atoms with Crippen molar-refractivity contribution >= 4 is 23.3 Å². The molecule has 0 fully saturated rings. The van der Waals surface area contributed by atoms with Crippen molar-refractivity contribution in [1.29, 1.82) is 0 Å². The first-order valence-electron chi connectivity index (χ1n) is 5.87. The van der Waals surface area contributed by atoms with Gasteiger partial charge in [-0.05, 0) is 23.6 Å². The quantitative estimate of drug-likeness (QED) is 0.784. The summed E-state index contributed by atoms with van der Waals surface area (Å²) in [5.74, 6) is -1.02. The van der Waals surface area contributed by atoms with Crippen LogP contribution in [-0.2, 0) is 13.1 Å². The van der Waals surface area contributed by atoms with E-state index in [2.05, 4.69) is 15.6 Å². The van der Waals surface area contributed by atoms with Gasteiger partial charge in [0, 0.05) is 11.1 Å². The maximum Gasteiger partial charge on any atom is 0.335 e. The van der Waals surface area contributed by atoms with Gasteiger partial charge in [-0.2, -0.15) is 0 Å². The van der Waals surface area contributed by atoms with Crippen LogP contribution in [0, 0.1) is 0 Å². The first-order chi connectivity index (χ1) is 9.65. The molecule has 0 unspecified atom stereocenters. The number of carbonyl (C=O) groups excluding carboxylic acids is 1. The zero-order chi connectivity index (χ0) is 14.4. The van der Waals surface area contributed by atoms with Gasteiger partial charge >= 0.3 is 12.0 Å². The Balaban J connectivity index is 1.81. The Hall–Kier alpha value is -2.41. The monoisotopic (exact) mass is 291 g/mol. The van der Waals surface area contributed by atoms with E-state index in [4.69, 9.17) is 5.11 Å². The zero-order valence-electron chi connectivity index (χ0n) is 10.5. The van der Waals surface area contributed by atoms with Crippen molar-refractivity contribution in [2.45, 2.75) is 13.1 Å². The number of hydrogen-bond acceptors (Lipinski definition) is 4. The van der Waals surface area contributed by atoms with Gasteiger partial charge < -0.3 is 15.7 Å². The number of nitrogens with one attached hydrogen (secondary N) is 2. The van der Waals surface area contributed by atoms with Crippen molar-refractivity contribution in [2.24, 2.45) is 0 Å². The van der Waals surface area contributed by atoms with Crippen molar-refractivity contribution in [2.75, 3.05) is 0 Å². The lowest BCUT2D eigenvalue weighted by Gasteiger charge is -2.06. The van der Waals surface area contributed by atoms with E-state index in [0.29, 0.717) is 12.2 Å². The molecule has 0 aliphatic heterocycles. The predicted molar refractivity (Wildman–Crippen MR) is 74.6 cm³/mol. The first kappa shape index (κ1) is 14.0. The Bertz CT molecular complexity index is 599. The van der Waals surface area contributed by atoms with Gasteiger partial charge in [-0.15, -0.1) is 11.3 Å². The Kier molecular flexibility index (Phi) is 4.67. The van der Waals surface area contributed by atoms with Crippen LogP contribution in [0.1, 0.15) is 20.9 Å². The third-order valence-electron chi connectivity index (χ3n) is 2.50. The lowest BCUT2D eigenvalue weighted by atomic mass is 10.2. The molecule has 0 aliphatic carbocycles. The molecule has 0 aromatic carbocycles. The summed E-state index contributed by atoms with van der Waals surface area (Å²) < 4.78 is 0.